The Morgan fingerprint density at radius 3 is 2.08 bits per heavy atom. The largest absolute Gasteiger partial charge is 0.368 e. The SMILES string of the molecule is CC(C)C(=O)N(CC(=O)Nc1ccc(N2CCN(C(=O)NC(C)(C)C)CC2)cc1)Cc1ccccc1. The molecule has 0 unspecified atom stereocenters. The van der Waals surface area contributed by atoms with Gasteiger partial charge in [-0.15, -0.1) is 0 Å². The van der Waals surface area contributed by atoms with Crippen LogP contribution in [0.1, 0.15) is 40.2 Å². The van der Waals surface area contributed by atoms with Gasteiger partial charge in [-0.05, 0) is 50.6 Å². The Kier molecular flexibility index (Phi) is 8.96. The maximum Gasteiger partial charge on any atom is 0.317 e. The normalized spacial score (nSPS) is 13.9. The number of anilines is 2. The van der Waals surface area contributed by atoms with Crippen LogP contribution in [-0.2, 0) is 16.1 Å². The van der Waals surface area contributed by atoms with E-state index in [1.54, 1.807) is 4.90 Å². The molecule has 1 aliphatic rings. The van der Waals surface area contributed by atoms with E-state index in [-0.39, 0.29) is 35.8 Å². The van der Waals surface area contributed by atoms with Gasteiger partial charge >= 0.3 is 6.03 Å². The minimum atomic E-state index is -0.255. The van der Waals surface area contributed by atoms with E-state index >= 15 is 0 Å². The van der Waals surface area contributed by atoms with E-state index in [1.165, 1.54) is 0 Å². The standard InChI is InChI=1S/C28H39N5O3/c1-21(2)26(35)33(19-22-9-7-6-8-10-22)20-25(34)29-23-11-13-24(14-12-23)31-15-17-32(18-16-31)27(36)30-28(3,4)5/h6-14,21H,15-20H2,1-5H3,(H,29,34)(H,30,36). The van der Waals surface area contributed by atoms with Gasteiger partial charge in [0, 0.05) is 55.6 Å². The molecule has 1 saturated heterocycles. The monoisotopic (exact) mass is 493 g/mol. The van der Waals surface area contributed by atoms with Crippen LogP contribution in [0.2, 0.25) is 0 Å². The highest BCUT2D eigenvalue weighted by Crippen LogP contribution is 2.20. The van der Waals surface area contributed by atoms with Gasteiger partial charge in [0.25, 0.3) is 0 Å². The Morgan fingerprint density at radius 2 is 1.53 bits per heavy atom. The molecule has 8 nitrogen and oxygen atoms in total. The van der Waals surface area contributed by atoms with E-state index in [0.717, 1.165) is 24.3 Å². The first kappa shape index (κ1) is 27.0. The predicted octanol–water partition coefficient (Wildman–Crippen LogP) is 3.94. The van der Waals surface area contributed by atoms with Crippen molar-refractivity contribution in [1.82, 2.24) is 15.1 Å². The summed E-state index contributed by atoms with van der Waals surface area (Å²) in [4.78, 5) is 43.5. The number of rotatable bonds is 7. The lowest BCUT2D eigenvalue weighted by molar-refractivity contribution is -0.138. The molecule has 2 N–H and O–H groups in total. The molecule has 1 fully saturated rings. The zero-order valence-electron chi connectivity index (χ0n) is 22.1. The summed E-state index contributed by atoms with van der Waals surface area (Å²) in [7, 11) is 0. The van der Waals surface area contributed by atoms with Crippen LogP contribution in [0.15, 0.2) is 54.6 Å². The number of nitrogens with zero attached hydrogens (tertiary/aromatic N) is 3. The summed E-state index contributed by atoms with van der Waals surface area (Å²) in [5.41, 5.74) is 2.46. The Balaban J connectivity index is 1.54. The molecule has 0 atom stereocenters. The van der Waals surface area contributed by atoms with Gasteiger partial charge in [0.05, 0.1) is 0 Å². The fourth-order valence-electron chi connectivity index (χ4n) is 4.08. The highest BCUT2D eigenvalue weighted by Gasteiger charge is 2.24. The van der Waals surface area contributed by atoms with Gasteiger partial charge in [0.1, 0.15) is 6.54 Å². The lowest BCUT2D eigenvalue weighted by atomic mass is 10.1. The fourth-order valence-corrected chi connectivity index (χ4v) is 4.08. The van der Waals surface area contributed by atoms with Crippen molar-refractivity contribution in [2.75, 3.05) is 42.9 Å². The molecule has 0 spiro atoms. The number of amides is 4. The van der Waals surface area contributed by atoms with Crippen LogP contribution in [0.3, 0.4) is 0 Å². The van der Waals surface area contributed by atoms with Crippen molar-refractivity contribution in [3.63, 3.8) is 0 Å². The fraction of sp³-hybridized carbons (Fsp3) is 0.464. The van der Waals surface area contributed by atoms with Crippen LogP contribution in [-0.4, -0.2) is 65.9 Å². The van der Waals surface area contributed by atoms with Crippen molar-refractivity contribution in [3.8, 4) is 0 Å². The number of carbonyl (C=O) groups excluding carboxylic acids is 3. The van der Waals surface area contributed by atoms with Gasteiger partial charge in [-0.25, -0.2) is 4.79 Å². The first-order valence-corrected chi connectivity index (χ1v) is 12.6. The average Bonchev–Trinajstić information content (AvgIpc) is 2.83. The summed E-state index contributed by atoms with van der Waals surface area (Å²) in [6, 6.07) is 17.3. The lowest BCUT2D eigenvalue weighted by Crippen LogP contribution is -2.55. The van der Waals surface area contributed by atoms with Crippen LogP contribution in [0.4, 0.5) is 16.2 Å². The molecule has 0 aromatic heterocycles. The maximum absolute atomic E-state index is 12.8. The predicted molar refractivity (Wildman–Crippen MR) is 144 cm³/mol. The molecular weight excluding hydrogens is 454 g/mol. The van der Waals surface area contributed by atoms with Crippen LogP contribution in [0, 0.1) is 5.92 Å². The van der Waals surface area contributed by atoms with E-state index in [4.69, 9.17) is 0 Å². The topological polar surface area (TPSA) is 85.0 Å². The van der Waals surface area contributed by atoms with Gasteiger partial charge in [-0.2, -0.15) is 0 Å². The van der Waals surface area contributed by atoms with Gasteiger partial charge in [-0.3, -0.25) is 9.59 Å². The average molecular weight is 494 g/mol. The van der Waals surface area contributed by atoms with Crippen LogP contribution >= 0.6 is 0 Å². The van der Waals surface area contributed by atoms with Crippen LogP contribution in [0.5, 0.6) is 0 Å². The van der Waals surface area contributed by atoms with E-state index in [9.17, 15) is 14.4 Å². The molecule has 0 bridgehead atoms. The summed E-state index contributed by atoms with van der Waals surface area (Å²) in [5, 5.41) is 5.93. The first-order valence-electron chi connectivity index (χ1n) is 12.6. The first-order chi connectivity index (χ1) is 17.0. The Hall–Kier alpha value is -3.55. The highest BCUT2D eigenvalue weighted by atomic mass is 16.2. The van der Waals surface area contributed by atoms with Crippen molar-refractivity contribution >= 4 is 29.2 Å². The molecule has 8 heteroatoms. The minimum Gasteiger partial charge on any atom is -0.368 e. The molecule has 194 valence electrons. The number of hydrogen-bond donors (Lipinski definition) is 2. The van der Waals surface area contributed by atoms with Crippen molar-refractivity contribution in [1.29, 1.82) is 0 Å². The highest BCUT2D eigenvalue weighted by molar-refractivity contribution is 5.94. The van der Waals surface area contributed by atoms with Gasteiger partial charge < -0.3 is 25.3 Å². The number of urea groups is 1. The Bertz CT molecular complexity index is 1020. The van der Waals surface area contributed by atoms with Gasteiger partial charge in [0.15, 0.2) is 0 Å². The molecule has 3 rings (SSSR count). The lowest BCUT2D eigenvalue weighted by Gasteiger charge is -2.37. The van der Waals surface area contributed by atoms with Gasteiger partial charge in [-0.1, -0.05) is 44.2 Å². The van der Waals surface area contributed by atoms with Gasteiger partial charge in [0.2, 0.25) is 11.8 Å². The molecule has 0 aliphatic carbocycles. The van der Waals surface area contributed by atoms with E-state index < -0.39 is 0 Å². The quantitative estimate of drug-likeness (QED) is 0.612. The smallest absolute Gasteiger partial charge is 0.317 e. The van der Waals surface area contributed by atoms with Crippen molar-refractivity contribution in [2.45, 2.75) is 46.7 Å². The molecule has 0 saturated carbocycles. The summed E-state index contributed by atoms with van der Waals surface area (Å²) in [5.74, 6) is -0.480. The Morgan fingerprint density at radius 1 is 0.917 bits per heavy atom. The molecule has 2 aromatic rings. The minimum absolute atomic E-state index is 0.00769. The third-order valence-electron chi connectivity index (χ3n) is 5.92. The van der Waals surface area contributed by atoms with Crippen molar-refractivity contribution in [2.24, 2.45) is 5.92 Å². The third kappa shape index (κ3) is 8.00. The zero-order chi connectivity index (χ0) is 26.3. The molecular formula is C28H39N5O3. The zero-order valence-corrected chi connectivity index (χ0v) is 22.1. The summed E-state index contributed by atoms with van der Waals surface area (Å²) < 4.78 is 0. The molecule has 1 aliphatic heterocycles. The maximum atomic E-state index is 12.8. The molecule has 1 heterocycles. The Labute approximate surface area is 214 Å². The second-order valence-electron chi connectivity index (χ2n) is 10.6. The van der Waals surface area contributed by atoms with E-state index in [2.05, 4.69) is 15.5 Å². The number of carbonyl (C=O) groups is 3. The molecule has 2 aromatic carbocycles. The second kappa shape index (κ2) is 11.9. The second-order valence-corrected chi connectivity index (χ2v) is 10.6. The third-order valence-corrected chi connectivity index (χ3v) is 5.92. The van der Waals surface area contributed by atoms with Crippen LogP contribution < -0.4 is 15.5 Å². The number of benzene rings is 2. The van der Waals surface area contributed by atoms with E-state index in [1.807, 2.05) is 94.1 Å². The molecule has 0 radical (unpaired) electrons. The number of nitrogens with one attached hydrogen (secondary N) is 2. The van der Waals surface area contributed by atoms with E-state index in [0.29, 0.717) is 25.3 Å². The molecule has 36 heavy (non-hydrogen) atoms. The van der Waals surface area contributed by atoms with Crippen molar-refractivity contribution in [3.05, 3.63) is 60.2 Å². The van der Waals surface area contributed by atoms with Crippen molar-refractivity contribution < 1.29 is 14.4 Å². The molecule has 4 amide bonds. The summed E-state index contributed by atoms with van der Waals surface area (Å²) in [6.45, 7) is 12.8. The summed E-state index contributed by atoms with van der Waals surface area (Å²) >= 11 is 0. The number of piperazine rings is 1. The summed E-state index contributed by atoms with van der Waals surface area (Å²) in [6.07, 6.45) is 0. The number of hydrogen-bond acceptors (Lipinski definition) is 4. The van der Waals surface area contributed by atoms with Crippen LogP contribution in [0.25, 0.3) is 0 Å².